The quantitative estimate of drug-likeness (QED) is 0.828. The van der Waals surface area contributed by atoms with Gasteiger partial charge in [-0.3, -0.25) is 4.68 Å². The Bertz CT molecular complexity index is 601. The van der Waals surface area contributed by atoms with Gasteiger partial charge >= 0.3 is 0 Å². The van der Waals surface area contributed by atoms with E-state index in [1.54, 1.807) is 11.6 Å². The number of rotatable bonds is 6. The van der Waals surface area contributed by atoms with Crippen molar-refractivity contribution in [2.24, 2.45) is 11.8 Å². The van der Waals surface area contributed by atoms with Crippen molar-refractivity contribution in [3.63, 3.8) is 0 Å². The Kier molecular flexibility index (Phi) is 5.63. The van der Waals surface area contributed by atoms with Gasteiger partial charge in [0.2, 0.25) is 10.0 Å². The van der Waals surface area contributed by atoms with E-state index < -0.39 is 10.0 Å². The van der Waals surface area contributed by atoms with Crippen molar-refractivity contribution < 1.29 is 8.42 Å². The molecule has 1 saturated heterocycles. The molecular weight excluding hydrogens is 300 g/mol. The first kappa shape index (κ1) is 17.4. The molecule has 1 aliphatic heterocycles. The standard InChI is InChI=1S/C15H28N4O2S/c1-11(2)10-19-13(4)15(12(3)18-19)22(20,21)17-9-14-6-5-7-16-8-14/h11,14,16-17H,5-10H2,1-4H3. The summed E-state index contributed by atoms with van der Waals surface area (Å²) in [7, 11) is -3.50. The van der Waals surface area contributed by atoms with Gasteiger partial charge in [0.15, 0.2) is 0 Å². The molecular formula is C15H28N4O2S. The zero-order valence-electron chi connectivity index (χ0n) is 14.0. The van der Waals surface area contributed by atoms with Gasteiger partial charge in [-0.2, -0.15) is 5.10 Å². The molecule has 0 bridgehead atoms. The van der Waals surface area contributed by atoms with Crippen molar-refractivity contribution in [3.8, 4) is 0 Å². The Morgan fingerprint density at radius 1 is 1.41 bits per heavy atom. The van der Waals surface area contributed by atoms with Crippen LogP contribution in [0, 0.1) is 25.7 Å². The Hall–Kier alpha value is -0.920. The van der Waals surface area contributed by atoms with Crippen molar-refractivity contribution in [2.75, 3.05) is 19.6 Å². The maximum absolute atomic E-state index is 12.6. The molecule has 2 rings (SSSR count). The van der Waals surface area contributed by atoms with Crippen LogP contribution in [0.15, 0.2) is 4.90 Å². The number of aromatic nitrogens is 2. The predicted molar refractivity (Wildman–Crippen MR) is 87.3 cm³/mol. The molecule has 126 valence electrons. The van der Waals surface area contributed by atoms with E-state index in [9.17, 15) is 8.42 Å². The molecule has 0 radical (unpaired) electrons. The highest BCUT2D eigenvalue weighted by atomic mass is 32.2. The topological polar surface area (TPSA) is 76.0 Å². The van der Waals surface area contributed by atoms with Gasteiger partial charge in [-0.05, 0) is 51.6 Å². The van der Waals surface area contributed by atoms with Gasteiger partial charge in [-0.25, -0.2) is 13.1 Å². The second-order valence-electron chi connectivity index (χ2n) is 6.64. The van der Waals surface area contributed by atoms with Gasteiger partial charge in [0.25, 0.3) is 0 Å². The van der Waals surface area contributed by atoms with Gasteiger partial charge in [-0.1, -0.05) is 13.8 Å². The largest absolute Gasteiger partial charge is 0.316 e. The van der Waals surface area contributed by atoms with Crippen molar-refractivity contribution in [3.05, 3.63) is 11.4 Å². The summed E-state index contributed by atoms with van der Waals surface area (Å²) in [5.74, 6) is 0.796. The number of nitrogens with zero attached hydrogens (tertiary/aromatic N) is 2. The summed E-state index contributed by atoms with van der Waals surface area (Å²) in [5, 5.41) is 7.70. The van der Waals surface area contributed by atoms with Crippen LogP contribution >= 0.6 is 0 Å². The normalized spacial score (nSPS) is 19.8. The zero-order chi connectivity index (χ0) is 16.3. The number of aryl methyl sites for hydroxylation is 1. The van der Waals surface area contributed by atoms with Crippen LogP contribution in [-0.2, 0) is 16.6 Å². The predicted octanol–water partition coefficient (Wildman–Crippen LogP) is 1.43. The molecule has 7 heteroatoms. The summed E-state index contributed by atoms with van der Waals surface area (Å²) in [4.78, 5) is 0.344. The lowest BCUT2D eigenvalue weighted by atomic mass is 10.0. The summed E-state index contributed by atoms with van der Waals surface area (Å²) in [5.41, 5.74) is 1.30. The molecule has 1 atom stereocenters. The molecule has 1 fully saturated rings. The molecule has 6 nitrogen and oxygen atoms in total. The smallest absolute Gasteiger partial charge is 0.244 e. The summed E-state index contributed by atoms with van der Waals surface area (Å²) in [6, 6.07) is 0. The van der Waals surface area contributed by atoms with Gasteiger partial charge in [0.1, 0.15) is 4.90 Å². The van der Waals surface area contributed by atoms with E-state index >= 15 is 0 Å². The molecule has 1 aliphatic rings. The van der Waals surface area contributed by atoms with Crippen LogP contribution in [0.5, 0.6) is 0 Å². The highest BCUT2D eigenvalue weighted by molar-refractivity contribution is 7.89. The van der Waals surface area contributed by atoms with E-state index in [1.807, 2.05) is 6.92 Å². The van der Waals surface area contributed by atoms with Gasteiger partial charge in [0, 0.05) is 13.1 Å². The van der Waals surface area contributed by atoms with Crippen LogP contribution in [0.1, 0.15) is 38.1 Å². The lowest BCUT2D eigenvalue weighted by Gasteiger charge is -2.22. The molecule has 2 N–H and O–H groups in total. The first-order chi connectivity index (χ1) is 10.3. The minimum Gasteiger partial charge on any atom is -0.316 e. The van der Waals surface area contributed by atoms with Crippen molar-refractivity contribution >= 4 is 10.0 Å². The highest BCUT2D eigenvalue weighted by Crippen LogP contribution is 2.20. The fraction of sp³-hybridized carbons (Fsp3) is 0.800. The molecule has 22 heavy (non-hydrogen) atoms. The molecule has 0 saturated carbocycles. The number of piperidine rings is 1. The molecule has 2 heterocycles. The summed E-state index contributed by atoms with van der Waals surface area (Å²) in [6.07, 6.45) is 2.18. The first-order valence-corrected chi connectivity index (χ1v) is 9.54. The zero-order valence-corrected chi connectivity index (χ0v) is 14.8. The average molecular weight is 328 g/mol. The maximum atomic E-state index is 12.6. The molecule has 0 spiro atoms. The number of sulfonamides is 1. The number of hydrogen-bond donors (Lipinski definition) is 2. The van der Waals surface area contributed by atoms with E-state index in [2.05, 4.69) is 29.0 Å². The maximum Gasteiger partial charge on any atom is 0.244 e. The lowest BCUT2D eigenvalue weighted by molar-refractivity contribution is 0.376. The van der Waals surface area contributed by atoms with E-state index in [0.29, 0.717) is 29.0 Å². The molecule has 1 unspecified atom stereocenters. The van der Waals surface area contributed by atoms with E-state index in [0.717, 1.165) is 38.2 Å². The Labute approximate surface area is 133 Å². The van der Waals surface area contributed by atoms with Gasteiger partial charge in [0.05, 0.1) is 11.4 Å². The molecule has 1 aromatic rings. The third kappa shape index (κ3) is 4.08. The SMILES string of the molecule is Cc1nn(CC(C)C)c(C)c1S(=O)(=O)NCC1CCCNC1. The van der Waals surface area contributed by atoms with Crippen LogP contribution in [0.4, 0.5) is 0 Å². The second-order valence-corrected chi connectivity index (χ2v) is 8.34. The van der Waals surface area contributed by atoms with E-state index in [1.165, 1.54) is 0 Å². The monoisotopic (exact) mass is 328 g/mol. The van der Waals surface area contributed by atoms with Crippen molar-refractivity contribution in [1.82, 2.24) is 19.8 Å². The fourth-order valence-corrected chi connectivity index (χ4v) is 4.51. The van der Waals surface area contributed by atoms with Crippen LogP contribution in [-0.4, -0.2) is 37.8 Å². The van der Waals surface area contributed by atoms with Crippen molar-refractivity contribution in [1.29, 1.82) is 0 Å². The highest BCUT2D eigenvalue weighted by Gasteiger charge is 2.26. The summed E-state index contributed by atoms with van der Waals surface area (Å²) in [6.45, 7) is 10.9. The Morgan fingerprint density at radius 2 is 2.14 bits per heavy atom. The summed E-state index contributed by atoms with van der Waals surface area (Å²) >= 11 is 0. The third-order valence-corrected chi connectivity index (χ3v) is 5.76. The van der Waals surface area contributed by atoms with E-state index in [4.69, 9.17) is 0 Å². The van der Waals surface area contributed by atoms with Crippen LogP contribution in [0.2, 0.25) is 0 Å². The molecule has 0 aromatic carbocycles. The number of nitrogens with one attached hydrogen (secondary N) is 2. The number of hydrogen-bond acceptors (Lipinski definition) is 4. The minimum atomic E-state index is -3.50. The van der Waals surface area contributed by atoms with Gasteiger partial charge in [-0.15, -0.1) is 0 Å². The lowest BCUT2D eigenvalue weighted by Crippen LogP contribution is -2.38. The molecule has 1 aromatic heterocycles. The minimum absolute atomic E-state index is 0.344. The van der Waals surface area contributed by atoms with Crippen LogP contribution in [0.25, 0.3) is 0 Å². The van der Waals surface area contributed by atoms with E-state index in [-0.39, 0.29) is 0 Å². The summed E-state index contributed by atoms with van der Waals surface area (Å²) < 4.78 is 29.8. The van der Waals surface area contributed by atoms with Crippen LogP contribution < -0.4 is 10.0 Å². The second kappa shape index (κ2) is 7.10. The average Bonchev–Trinajstić information content (AvgIpc) is 2.72. The Balaban J connectivity index is 2.13. The molecule has 0 aliphatic carbocycles. The van der Waals surface area contributed by atoms with Crippen LogP contribution in [0.3, 0.4) is 0 Å². The fourth-order valence-electron chi connectivity index (χ4n) is 2.99. The van der Waals surface area contributed by atoms with Gasteiger partial charge < -0.3 is 5.32 Å². The molecule has 0 amide bonds. The third-order valence-electron chi connectivity index (χ3n) is 4.08. The Morgan fingerprint density at radius 3 is 2.73 bits per heavy atom. The first-order valence-electron chi connectivity index (χ1n) is 8.05. The van der Waals surface area contributed by atoms with Crippen molar-refractivity contribution in [2.45, 2.75) is 52.0 Å².